The van der Waals surface area contributed by atoms with E-state index in [9.17, 15) is 19.8 Å². The first kappa shape index (κ1) is 28.9. The van der Waals surface area contributed by atoms with Gasteiger partial charge in [-0.1, -0.05) is 33.3 Å². The van der Waals surface area contributed by atoms with E-state index in [1.165, 1.54) is 0 Å². The van der Waals surface area contributed by atoms with Crippen LogP contribution in [-0.2, 0) is 23.8 Å². The van der Waals surface area contributed by atoms with Crippen molar-refractivity contribution in [3.05, 3.63) is 35.7 Å². The first-order chi connectivity index (χ1) is 17.9. The van der Waals surface area contributed by atoms with E-state index >= 15 is 0 Å². The van der Waals surface area contributed by atoms with Crippen LogP contribution in [0.3, 0.4) is 0 Å². The van der Waals surface area contributed by atoms with Crippen molar-refractivity contribution in [2.24, 2.45) is 17.3 Å². The number of hydrogen-bond donors (Lipinski definition) is 2. The van der Waals surface area contributed by atoms with E-state index in [1.54, 1.807) is 20.0 Å². The Morgan fingerprint density at radius 2 is 1.95 bits per heavy atom. The Bertz CT molecular complexity index is 1020. The molecule has 0 radical (unpaired) electrons. The molecule has 38 heavy (non-hydrogen) atoms. The summed E-state index contributed by atoms with van der Waals surface area (Å²) in [5.74, 6) is -1.61. The number of esters is 1. The lowest BCUT2D eigenvalue weighted by Gasteiger charge is -2.36. The number of aromatic nitrogens is 1. The summed E-state index contributed by atoms with van der Waals surface area (Å²) in [6.07, 6.45) is 3.81. The fourth-order valence-electron chi connectivity index (χ4n) is 5.61. The summed E-state index contributed by atoms with van der Waals surface area (Å²) in [7, 11) is 0. The number of aliphatic hydroxyl groups excluding tert-OH is 2. The van der Waals surface area contributed by atoms with Crippen molar-refractivity contribution < 1.29 is 34.0 Å². The normalized spacial score (nSPS) is 38.7. The number of ketones is 1. The number of nitrogens with zero attached hydrogens (tertiary/aromatic N) is 1. The van der Waals surface area contributed by atoms with Crippen LogP contribution in [0.5, 0.6) is 0 Å². The Balaban J connectivity index is 1.58. The molecule has 1 aromatic heterocycles. The van der Waals surface area contributed by atoms with Gasteiger partial charge in [0.1, 0.15) is 11.9 Å². The van der Waals surface area contributed by atoms with Crippen LogP contribution in [0.4, 0.5) is 0 Å². The maximum atomic E-state index is 13.7. The summed E-state index contributed by atoms with van der Waals surface area (Å²) in [6, 6.07) is 5.62. The van der Waals surface area contributed by atoms with Gasteiger partial charge in [-0.2, -0.15) is 0 Å². The minimum Gasteiger partial charge on any atom is -0.458 e. The van der Waals surface area contributed by atoms with E-state index in [0.29, 0.717) is 19.4 Å². The minimum atomic E-state index is -1.26. The highest BCUT2D eigenvalue weighted by Gasteiger charge is 2.53. The minimum absolute atomic E-state index is 0.0523. The Morgan fingerprint density at radius 3 is 2.61 bits per heavy atom. The summed E-state index contributed by atoms with van der Waals surface area (Å²) in [4.78, 5) is 31.2. The van der Waals surface area contributed by atoms with Gasteiger partial charge < -0.3 is 24.4 Å². The van der Waals surface area contributed by atoms with Gasteiger partial charge in [0.25, 0.3) is 0 Å². The number of carbonyl (C=O) groups is 2. The molecule has 8 heteroatoms. The van der Waals surface area contributed by atoms with Gasteiger partial charge >= 0.3 is 5.97 Å². The van der Waals surface area contributed by atoms with E-state index < -0.39 is 35.6 Å². The SMILES string of the molecule is CC(=Cc1ccccn1)C1CC2OC2(C)CCCC(C)C(O)C(CC2CO2)C(=O)C(C)(C)C(O)CC(=O)O1. The molecular formula is C30H43NO7. The first-order valence-corrected chi connectivity index (χ1v) is 13.9. The van der Waals surface area contributed by atoms with Crippen LogP contribution in [0.15, 0.2) is 30.0 Å². The molecule has 8 atom stereocenters. The van der Waals surface area contributed by atoms with Crippen molar-refractivity contribution in [3.63, 3.8) is 0 Å². The summed E-state index contributed by atoms with van der Waals surface area (Å²) >= 11 is 0. The fraction of sp³-hybridized carbons (Fsp3) is 0.700. The standard InChI is InChI=1S/C30H43NO7/c1-18-9-8-11-30(5)25(38-30)15-23(19(2)13-20-10-6-7-12-31-20)37-26(33)16-24(32)29(3,4)28(35)22(27(18)34)14-21-17-36-21/h6-7,10,12-13,18,21-25,27,32,34H,8-9,11,14-17H2,1-5H3. The molecule has 1 aromatic rings. The van der Waals surface area contributed by atoms with Crippen LogP contribution in [0, 0.1) is 17.3 Å². The lowest BCUT2D eigenvalue weighted by atomic mass is 9.71. The van der Waals surface area contributed by atoms with Gasteiger partial charge in [0.2, 0.25) is 0 Å². The second kappa shape index (κ2) is 11.5. The van der Waals surface area contributed by atoms with Gasteiger partial charge in [0.15, 0.2) is 0 Å². The number of Topliss-reactive ketones (excluding diaryl/α,β-unsaturated/α-hetero) is 1. The van der Waals surface area contributed by atoms with Gasteiger partial charge in [0, 0.05) is 18.5 Å². The average Bonchev–Trinajstić information content (AvgIpc) is 3.79. The van der Waals surface area contributed by atoms with Crippen molar-refractivity contribution >= 4 is 17.8 Å². The molecule has 3 aliphatic heterocycles. The molecule has 0 spiro atoms. The average molecular weight is 530 g/mol. The van der Waals surface area contributed by atoms with E-state index in [-0.39, 0.29) is 35.9 Å². The lowest BCUT2D eigenvalue weighted by molar-refractivity contribution is -0.155. The van der Waals surface area contributed by atoms with Crippen LogP contribution in [0.1, 0.15) is 78.8 Å². The van der Waals surface area contributed by atoms with Gasteiger partial charge in [-0.3, -0.25) is 14.6 Å². The van der Waals surface area contributed by atoms with Gasteiger partial charge in [-0.15, -0.1) is 0 Å². The summed E-state index contributed by atoms with van der Waals surface area (Å²) in [6.45, 7) is 9.80. The molecule has 0 amide bonds. The van der Waals surface area contributed by atoms with Crippen molar-refractivity contribution in [2.75, 3.05) is 6.61 Å². The zero-order valence-corrected chi connectivity index (χ0v) is 23.3. The molecule has 210 valence electrons. The summed E-state index contributed by atoms with van der Waals surface area (Å²) in [5.41, 5.74) is 0.0267. The Hall–Kier alpha value is -2.13. The third kappa shape index (κ3) is 6.89. The molecule has 3 saturated heterocycles. The Morgan fingerprint density at radius 1 is 1.21 bits per heavy atom. The van der Waals surface area contributed by atoms with Crippen LogP contribution >= 0.6 is 0 Å². The molecule has 4 rings (SSSR count). The van der Waals surface area contributed by atoms with Gasteiger partial charge in [0.05, 0.1) is 54.2 Å². The number of aliphatic hydroxyl groups is 2. The predicted molar refractivity (Wildman–Crippen MR) is 142 cm³/mol. The van der Waals surface area contributed by atoms with Crippen molar-refractivity contribution in [1.29, 1.82) is 0 Å². The Kier molecular flexibility index (Phi) is 8.77. The first-order valence-electron chi connectivity index (χ1n) is 13.9. The van der Waals surface area contributed by atoms with Crippen LogP contribution in [0.25, 0.3) is 6.08 Å². The number of rotatable bonds is 4. The quantitative estimate of drug-likeness (QED) is 0.445. The molecule has 3 fully saturated rings. The van der Waals surface area contributed by atoms with E-state index in [1.807, 2.05) is 38.1 Å². The molecule has 0 aliphatic carbocycles. The highest BCUT2D eigenvalue weighted by atomic mass is 16.6. The molecule has 4 heterocycles. The maximum absolute atomic E-state index is 13.7. The third-order valence-electron chi connectivity index (χ3n) is 8.72. The number of hydrogen-bond acceptors (Lipinski definition) is 8. The topological polar surface area (TPSA) is 122 Å². The lowest BCUT2D eigenvalue weighted by Crippen LogP contribution is -2.47. The number of cyclic esters (lactones) is 1. The van der Waals surface area contributed by atoms with E-state index in [0.717, 1.165) is 30.5 Å². The molecule has 0 saturated carbocycles. The largest absolute Gasteiger partial charge is 0.458 e. The molecule has 8 unspecified atom stereocenters. The molecule has 3 aliphatic rings. The molecule has 8 nitrogen and oxygen atoms in total. The number of pyridine rings is 1. The maximum Gasteiger partial charge on any atom is 0.309 e. The van der Waals surface area contributed by atoms with Crippen molar-refractivity contribution in [1.82, 2.24) is 4.98 Å². The molecule has 0 bridgehead atoms. The molecular weight excluding hydrogens is 486 g/mol. The van der Waals surface area contributed by atoms with Crippen LogP contribution in [-0.4, -0.2) is 69.7 Å². The highest BCUT2D eigenvalue weighted by Crippen LogP contribution is 2.45. The van der Waals surface area contributed by atoms with Crippen molar-refractivity contribution in [3.8, 4) is 0 Å². The number of epoxide rings is 2. The molecule has 0 aromatic carbocycles. The molecule has 2 N–H and O–H groups in total. The summed E-state index contributed by atoms with van der Waals surface area (Å²) < 4.78 is 17.4. The second-order valence-electron chi connectivity index (χ2n) is 12.2. The third-order valence-corrected chi connectivity index (χ3v) is 8.72. The number of carbonyl (C=O) groups excluding carboxylic acids is 2. The van der Waals surface area contributed by atoms with Crippen molar-refractivity contribution in [2.45, 2.75) is 109 Å². The highest BCUT2D eigenvalue weighted by molar-refractivity contribution is 5.88. The van der Waals surface area contributed by atoms with Crippen LogP contribution in [0.2, 0.25) is 0 Å². The predicted octanol–water partition coefficient (Wildman–Crippen LogP) is 3.88. The fourth-order valence-corrected chi connectivity index (χ4v) is 5.61. The Labute approximate surface area is 225 Å². The second-order valence-corrected chi connectivity index (χ2v) is 12.2. The van der Waals surface area contributed by atoms with E-state index in [4.69, 9.17) is 14.2 Å². The number of fused-ring (bicyclic) bond motifs is 1. The van der Waals surface area contributed by atoms with Crippen LogP contribution < -0.4 is 0 Å². The zero-order valence-electron chi connectivity index (χ0n) is 23.3. The van der Waals surface area contributed by atoms with Gasteiger partial charge in [-0.25, -0.2) is 0 Å². The smallest absolute Gasteiger partial charge is 0.309 e. The monoisotopic (exact) mass is 529 g/mol. The number of ether oxygens (including phenoxy) is 3. The zero-order chi connectivity index (χ0) is 27.7. The summed E-state index contributed by atoms with van der Waals surface area (Å²) in [5, 5.41) is 22.3. The van der Waals surface area contributed by atoms with E-state index in [2.05, 4.69) is 11.9 Å². The van der Waals surface area contributed by atoms with Gasteiger partial charge in [-0.05, 0) is 62.8 Å².